The Kier molecular flexibility index (Phi) is 31.9. The molecule has 3 aliphatic heterocycles. The number of hydrogen-bond acceptors (Lipinski definition) is 3. The molecule has 3 aliphatic rings. The molecule has 0 atom stereocenters. The van der Waals surface area contributed by atoms with E-state index in [1.54, 1.807) is 0 Å². The first-order valence-electron chi connectivity index (χ1n) is 23.9. The van der Waals surface area contributed by atoms with E-state index in [9.17, 15) is 0 Å². The summed E-state index contributed by atoms with van der Waals surface area (Å²) >= 11 is 0. The van der Waals surface area contributed by atoms with Crippen molar-refractivity contribution in [2.45, 2.75) is 265 Å². The van der Waals surface area contributed by atoms with Gasteiger partial charge in [-0.2, -0.15) is 0 Å². The Morgan fingerprint density at radius 1 is 0.333 bits per heavy atom. The maximum absolute atomic E-state index is 7.56. The molecule has 3 heterocycles. The molecule has 3 rings (SSSR count). The summed E-state index contributed by atoms with van der Waals surface area (Å²) in [5.41, 5.74) is 0.920. The smallest absolute Gasteiger partial charge is 0.0744 e. The first kappa shape index (κ1) is 48.9. The molecule has 0 spiro atoms. The Bertz CT molecular complexity index is 612. The Morgan fingerprint density at radius 3 is 0.902 bits per heavy atom. The second-order valence-electron chi connectivity index (χ2n) is 17.1. The van der Waals surface area contributed by atoms with Gasteiger partial charge in [-0.15, -0.1) is 0 Å². The fourth-order valence-corrected chi connectivity index (χ4v) is 9.83. The van der Waals surface area contributed by atoms with E-state index in [4.69, 9.17) is 14.2 Å². The van der Waals surface area contributed by atoms with Crippen molar-refractivity contribution >= 4 is 0 Å². The van der Waals surface area contributed by atoms with Gasteiger partial charge in [0.1, 0.15) is 0 Å². The molecule has 0 bridgehead atoms. The van der Waals surface area contributed by atoms with Crippen LogP contribution in [0.5, 0.6) is 0 Å². The van der Waals surface area contributed by atoms with Crippen LogP contribution < -0.4 is 0 Å². The van der Waals surface area contributed by atoms with Crippen LogP contribution in [0.15, 0.2) is 0 Å². The van der Waals surface area contributed by atoms with Crippen molar-refractivity contribution in [1.29, 1.82) is 0 Å². The molecule has 0 aromatic rings. The standard InChI is InChI=1S/C40H80O.2C4H8O/c1-7-13-19-25-31-38(32-26-20-14-8-2)37-41-40(35-29-23-17-11-5,36-30-24-18-12-6)39(38,33-27-21-15-9-3)34-28-22-16-10-4;2*1-2-4-5-3-1/h7-37H2,1-6H3;2*1-4H2. The average Bonchev–Trinajstić information content (AvgIpc) is 3.97. The third-order valence-corrected chi connectivity index (χ3v) is 13.0. The van der Waals surface area contributed by atoms with Crippen molar-refractivity contribution in [2.75, 3.05) is 33.0 Å². The van der Waals surface area contributed by atoms with Gasteiger partial charge in [-0.3, -0.25) is 0 Å². The molecule has 0 aliphatic carbocycles. The molecule has 3 saturated heterocycles. The molecule has 0 N–H and O–H groups in total. The first-order chi connectivity index (χ1) is 25.1. The zero-order valence-corrected chi connectivity index (χ0v) is 36.3. The van der Waals surface area contributed by atoms with Gasteiger partial charge in [0, 0.05) is 37.3 Å². The topological polar surface area (TPSA) is 27.7 Å². The lowest BCUT2D eigenvalue weighted by Crippen LogP contribution is -2.53. The maximum Gasteiger partial charge on any atom is 0.0744 e. The van der Waals surface area contributed by atoms with E-state index in [1.807, 2.05) is 0 Å². The van der Waals surface area contributed by atoms with Crippen LogP contribution in [0.25, 0.3) is 0 Å². The fraction of sp³-hybridized carbons (Fsp3) is 1.00. The summed E-state index contributed by atoms with van der Waals surface area (Å²) in [7, 11) is 0. The van der Waals surface area contributed by atoms with Gasteiger partial charge in [0.25, 0.3) is 0 Å². The Hall–Kier alpha value is -0.120. The molecular weight excluding hydrogens is 625 g/mol. The zero-order valence-electron chi connectivity index (χ0n) is 36.3. The molecule has 0 radical (unpaired) electrons. The molecule has 3 nitrogen and oxygen atoms in total. The van der Waals surface area contributed by atoms with Crippen molar-refractivity contribution in [1.82, 2.24) is 0 Å². The van der Waals surface area contributed by atoms with Gasteiger partial charge in [-0.05, 0) is 64.2 Å². The largest absolute Gasteiger partial charge is 0.381 e. The van der Waals surface area contributed by atoms with Gasteiger partial charge in [-0.1, -0.05) is 196 Å². The molecule has 0 amide bonds. The summed E-state index contributed by atoms with van der Waals surface area (Å²) < 4.78 is 17.5. The van der Waals surface area contributed by atoms with Crippen LogP contribution in [0.4, 0.5) is 0 Å². The minimum Gasteiger partial charge on any atom is -0.381 e. The summed E-state index contributed by atoms with van der Waals surface area (Å²) in [6, 6.07) is 0. The Labute approximate surface area is 322 Å². The second-order valence-corrected chi connectivity index (χ2v) is 17.1. The van der Waals surface area contributed by atoms with E-state index in [0.717, 1.165) is 33.0 Å². The molecule has 3 fully saturated rings. The Morgan fingerprint density at radius 2 is 0.627 bits per heavy atom. The number of hydrogen-bond donors (Lipinski definition) is 0. The lowest BCUT2D eigenvalue weighted by molar-refractivity contribution is -0.104. The van der Waals surface area contributed by atoms with Crippen molar-refractivity contribution in [3.05, 3.63) is 0 Å². The first-order valence-corrected chi connectivity index (χ1v) is 23.9. The van der Waals surface area contributed by atoms with E-state index < -0.39 is 0 Å². The van der Waals surface area contributed by atoms with Gasteiger partial charge < -0.3 is 14.2 Å². The molecule has 51 heavy (non-hydrogen) atoms. The van der Waals surface area contributed by atoms with Crippen molar-refractivity contribution in [2.24, 2.45) is 10.8 Å². The highest BCUT2D eigenvalue weighted by Gasteiger charge is 2.65. The predicted molar refractivity (Wildman–Crippen MR) is 226 cm³/mol. The predicted octanol–water partition coefficient (Wildman–Crippen LogP) is 16.1. The highest BCUT2D eigenvalue weighted by molar-refractivity contribution is 5.14. The average molecular weight is 721 g/mol. The van der Waals surface area contributed by atoms with Crippen LogP contribution in [0.2, 0.25) is 0 Å². The molecule has 0 saturated carbocycles. The summed E-state index contributed by atoms with van der Waals surface area (Å²) in [5.74, 6) is 0. The van der Waals surface area contributed by atoms with Gasteiger partial charge in [-0.25, -0.2) is 0 Å². The van der Waals surface area contributed by atoms with Crippen molar-refractivity contribution in [3.8, 4) is 0 Å². The Balaban J connectivity index is 0.00000110. The summed E-state index contributed by atoms with van der Waals surface area (Å²) in [4.78, 5) is 0. The minimum absolute atomic E-state index is 0.127. The maximum atomic E-state index is 7.56. The molecular formula is C48H96O3. The summed E-state index contributed by atoms with van der Waals surface area (Å²) in [6.07, 6.45) is 47.0. The molecule has 0 aromatic heterocycles. The lowest BCUT2D eigenvalue weighted by atomic mass is 9.49. The highest BCUT2D eigenvalue weighted by Crippen LogP contribution is 2.67. The second kappa shape index (κ2) is 33.2. The van der Waals surface area contributed by atoms with Crippen molar-refractivity contribution < 1.29 is 14.2 Å². The fourth-order valence-electron chi connectivity index (χ4n) is 9.83. The number of rotatable bonds is 30. The molecule has 0 aromatic carbocycles. The SMILES string of the molecule is C1CCOC1.C1CCOC1.CCCCCCC1(CCCCCC)COC(CCCCCC)(CCCCCC)C1(CCCCCC)CCCCCC. The zero-order chi connectivity index (χ0) is 37.2. The normalized spacial score (nSPS) is 18.7. The monoisotopic (exact) mass is 721 g/mol. The van der Waals surface area contributed by atoms with E-state index >= 15 is 0 Å². The van der Waals surface area contributed by atoms with Gasteiger partial charge >= 0.3 is 0 Å². The minimum atomic E-state index is 0.127. The van der Waals surface area contributed by atoms with Crippen molar-refractivity contribution in [3.63, 3.8) is 0 Å². The van der Waals surface area contributed by atoms with Crippen LogP contribution in [-0.2, 0) is 14.2 Å². The van der Waals surface area contributed by atoms with Crippen LogP contribution in [-0.4, -0.2) is 38.6 Å². The molecule has 3 heteroatoms. The van der Waals surface area contributed by atoms with Gasteiger partial charge in [0.05, 0.1) is 12.2 Å². The quantitative estimate of drug-likeness (QED) is 0.0692. The lowest BCUT2D eigenvalue weighted by Gasteiger charge is -2.54. The van der Waals surface area contributed by atoms with Gasteiger partial charge in [0.2, 0.25) is 0 Å². The van der Waals surface area contributed by atoms with E-state index in [0.29, 0.717) is 10.8 Å². The van der Waals surface area contributed by atoms with E-state index in [2.05, 4.69) is 41.5 Å². The highest BCUT2D eigenvalue weighted by atomic mass is 16.5. The number of ether oxygens (including phenoxy) is 3. The van der Waals surface area contributed by atoms with Crippen LogP contribution in [0.3, 0.4) is 0 Å². The molecule has 306 valence electrons. The van der Waals surface area contributed by atoms with E-state index in [-0.39, 0.29) is 5.60 Å². The molecule has 0 unspecified atom stereocenters. The third kappa shape index (κ3) is 19.3. The van der Waals surface area contributed by atoms with Crippen LogP contribution in [0, 0.1) is 10.8 Å². The van der Waals surface area contributed by atoms with E-state index in [1.165, 1.54) is 218 Å². The summed E-state index contributed by atoms with van der Waals surface area (Å²) in [5, 5.41) is 0. The van der Waals surface area contributed by atoms with Gasteiger partial charge in [0.15, 0.2) is 0 Å². The van der Waals surface area contributed by atoms with Crippen LogP contribution in [0.1, 0.15) is 260 Å². The van der Waals surface area contributed by atoms with Crippen LogP contribution >= 0.6 is 0 Å². The number of unbranched alkanes of at least 4 members (excludes halogenated alkanes) is 18. The summed E-state index contributed by atoms with van der Waals surface area (Å²) in [6.45, 7) is 19.3. The third-order valence-electron chi connectivity index (χ3n) is 13.0.